The van der Waals surface area contributed by atoms with Crippen LogP contribution in [0, 0.1) is 11.6 Å². The van der Waals surface area contributed by atoms with Crippen LogP contribution in [0.25, 0.3) is 11.1 Å². The average molecular weight is 678 g/mol. The van der Waals surface area contributed by atoms with Crippen molar-refractivity contribution in [2.24, 2.45) is 0 Å². The third-order valence-corrected chi connectivity index (χ3v) is 8.60. The van der Waals surface area contributed by atoms with E-state index < -0.39 is 77.7 Å². The van der Waals surface area contributed by atoms with Crippen LogP contribution in [0.4, 0.5) is 35.1 Å². The highest BCUT2D eigenvalue weighted by atomic mass is 19.3. The van der Waals surface area contributed by atoms with Gasteiger partial charge < -0.3 is 10.2 Å². The minimum atomic E-state index is -4.04. The Morgan fingerprint density at radius 1 is 0.958 bits per heavy atom. The van der Waals surface area contributed by atoms with Crippen LogP contribution in [0.15, 0.2) is 54.7 Å². The fourth-order valence-electron chi connectivity index (χ4n) is 6.31. The van der Waals surface area contributed by atoms with Crippen molar-refractivity contribution in [2.45, 2.75) is 63.1 Å². The van der Waals surface area contributed by atoms with Crippen molar-refractivity contribution in [3.8, 4) is 11.1 Å². The number of carbonyl (C=O) groups excluding carboxylic acids is 2. The molecule has 1 aliphatic heterocycles. The highest BCUT2D eigenvalue weighted by Crippen LogP contribution is 2.52. The van der Waals surface area contributed by atoms with Gasteiger partial charge in [-0.05, 0) is 60.4 Å². The van der Waals surface area contributed by atoms with E-state index in [-0.39, 0.29) is 28.3 Å². The summed E-state index contributed by atoms with van der Waals surface area (Å²) in [5, 5.41) is 6.00. The van der Waals surface area contributed by atoms with E-state index in [4.69, 9.17) is 0 Å². The molecule has 0 spiro atoms. The molecule has 2 aromatic heterocycles. The first-order chi connectivity index (χ1) is 22.6. The van der Waals surface area contributed by atoms with Crippen molar-refractivity contribution in [3.05, 3.63) is 106 Å². The van der Waals surface area contributed by atoms with Crippen molar-refractivity contribution in [1.29, 1.82) is 0 Å². The normalized spacial score (nSPS) is 17.6. The maximum Gasteiger partial charge on any atom is 0.290 e. The largest absolute Gasteiger partial charge is 0.346 e. The second kappa shape index (κ2) is 12.0. The van der Waals surface area contributed by atoms with Gasteiger partial charge in [0.15, 0.2) is 0 Å². The van der Waals surface area contributed by atoms with Gasteiger partial charge in [-0.1, -0.05) is 12.1 Å². The molecule has 0 radical (unpaired) electrons. The number of hydrogen-bond acceptors (Lipinski definition) is 4. The number of rotatable bonds is 8. The number of aromatic nitrogens is 3. The van der Waals surface area contributed by atoms with Crippen molar-refractivity contribution in [2.75, 3.05) is 7.05 Å². The molecule has 2 atom stereocenters. The summed E-state index contributed by atoms with van der Waals surface area (Å²) < 4.78 is 116. The first kappa shape index (κ1) is 33.1. The van der Waals surface area contributed by atoms with E-state index in [1.807, 2.05) is 0 Å². The molecular formula is C33H27F8N5O2. The molecule has 0 saturated carbocycles. The van der Waals surface area contributed by atoms with Crippen LogP contribution in [0.1, 0.15) is 82.4 Å². The molecule has 1 N–H and O–H groups in total. The van der Waals surface area contributed by atoms with Gasteiger partial charge in [0.2, 0.25) is 5.91 Å². The van der Waals surface area contributed by atoms with Crippen LogP contribution >= 0.6 is 0 Å². The average Bonchev–Trinajstić information content (AvgIpc) is 3.58. The third-order valence-electron chi connectivity index (χ3n) is 8.60. The lowest BCUT2D eigenvalue weighted by Crippen LogP contribution is -2.39. The molecule has 2 aliphatic rings. The molecule has 7 nitrogen and oxygen atoms in total. The fourth-order valence-corrected chi connectivity index (χ4v) is 6.31. The Balaban J connectivity index is 1.42. The van der Waals surface area contributed by atoms with Gasteiger partial charge in [-0.2, -0.15) is 13.9 Å². The summed E-state index contributed by atoms with van der Waals surface area (Å²) in [6.45, 7) is 1.36. The molecule has 48 heavy (non-hydrogen) atoms. The minimum absolute atomic E-state index is 0.0749. The van der Waals surface area contributed by atoms with Gasteiger partial charge in [-0.3, -0.25) is 19.3 Å². The zero-order chi connectivity index (χ0) is 34.7. The van der Waals surface area contributed by atoms with E-state index in [1.165, 1.54) is 11.1 Å². The molecule has 0 fully saturated rings. The Morgan fingerprint density at radius 2 is 1.65 bits per heavy atom. The fraction of sp³-hybridized carbons (Fsp3) is 0.333. The molecule has 4 aromatic rings. The van der Waals surface area contributed by atoms with Crippen LogP contribution in [0.3, 0.4) is 0 Å². The van der Waals surface area contributed by atoms with Crippen molar-refractivity contribution in [1.82, 2.24) is 25.0 Å². The van der Waals surface area contributed by atoms with E-state index in [0.29, 0.717) is 34.9 Å². The first-order valence-corrected chi connectivity index (χ1v) is 14.8. The zero-order valence-electron chi connectivity index (χ0n) is 25.4. The smallest absolute Gasteiger partial charge is 0.290 e. The lowest BCUT2D eigenvalue weighted by atomic mass is 9.89. The molecule has 1 unspecified atom stereocenters. The van der Waals surface area contributed by atoms with Gasteiger partial charge in [0.05, 0.1) is 17.3 Å². The first-order valence-electron chi connectivity index (χ1n) is 14.8. The molecule has 15 heteroatoms. The summed E-state index contributed by atoms with van der Waals surface area (Å²) in [6, 6.07) is 7.95. The van der Waals surface area contributed by atoms with Crippen LogP contribution in [0.2, 0.25) is 0 Å². The highest BCUT2D eigenvalue weighted by Gasteiger charge is 2.55. The molecule has 0 saturated heterocycles. The van der Waals surface area contributed by atoms with Gasteiger partial charge in [0.1, 0.15) is 29.1 Å². The van der Waals surface area contributed by atoms with E-state index in [1.54, 1.807) is 37.4 Å². The Kier molecular flexibility index (Phi) is 8.28. The molecule has 6 rings (SSSR count). The summed E-state index contributed by atoms with van der Waals surface area (Å²) in [5.74, 6) is -11.1. The van der Waals surface area contributed by atoms with Gasteiger partial charge >= 0.3 is 0 Å². The van der Waals surface area contributed by atoms with E-state index in [2.05, 4.69) is 15.4 Å². The topological polar surface area (TPSA) is 80.1 Å². The van der Waals surface area contributed by atoms with E-state index in [9.17, 15) is 35.9 Å². The highest BCUT2D eigenvalue weighted by molar-refractivity contribution is 5.98. The maximum atomic E-state index is 15.1. The van der Waals surface area contributed by atoms with Crippen LogP contribution in [-0.2, 0) is 29.6 Å². The number of benzene rings is 2. The van der Waals surface area contributed by atoms with Crippen molar-refractivity contribution >= 4 is 11.8 Å². The van der Waals surface area contributed by atoms with Crippen molar-refractivity contribution in [3.63, 3.8) is 0 Å². The van der Waals surface area contributed by atoms with Crippen molar-refractivity contribution < 1.29 is 44.7 Å². The van der Waals surface area contributed by atoms with Gasteiger partial charge in [0, 0.05) is 49.8 Å². The number of carbonyl (C=O) groups is 2. The van der Waals surface area contributed by atoms with Gasteiger partial charge in [-0.15, -0.1) is 0 Å². The number of fused-ring (bicyclic) bond motifs is 2. The van der Waals surface area contributed by atoms with Crippen LogP contribution in [0.5, 0.6) is 0 Å². The zero-order valence-corrected chi connectivity index (χ0v) is 25.4. The standard InChI is InChI=1S/C33H27F8N5O2/c1-16(46-28-25(27(44-46)29(36)37)32(38,39)7-8-33(28,40)41)30(47)43-24(12-17-10-20(34)14-21(35)11-17)26-22(4-3-9-42-26)18-5-6-23-19(13-18)15-45(2)31(23)48/h3-6,9-11,13-14,16,24,29H,7-8,12,15H2,1-2H3,(H,43,47)/t16?,24-/m0/s1. The van der Waals surface area contributed by atoms with Gasteiger partial charge in [-0.25, -0.2) is 26.3 Å². The summed E-state index contributed by atoms with van der Waals surface area (Å²) in [6.07, 6.45) is -5.27. The van der Waals surface area contributed by atoms with Crippen LogP contribution < -0.4 is 5.32 Å². The Bertz CT molecular complexity index is 1910. The number of amides is 2. The molecule has 2 amide bonds. The molecule has 0 bridgehead atoms. The second-order valence-corrected chi connectivity index (χ2v) is 12.0. The minimum Gasteiger partial charge on any atom is -0.346 e. The SMILES string of the molecule is CC(C(=O)N[C@@H](Cc1cc(F)cc(F)c1)c1ncccc1-c1ccc2c(c1)CN(C)C2=O)n1nc(C(F)F)c2c1C(F)(F)CCC2(F)F. The van der Waals surface area contributed by atoms with Gasteiger partial charge in [0.25, 0.3) is 24.2 Å². The summed E-state index contributed by atoms with van der Waals surface area (Å²) in [7, 11) is 1.64. The second-order valence-electron chi connectivity index (χ2n) is 12.0. The predicted molar refractivity (Wildman–Crippen MR) is 155 cm³/mol. The van der Waals surface area contributed by atoms with E-state index in [0.717, 1.165) is 19.1 Å². The number of halogens is 8. The lowest BCUT2D eigenvalue weighted by molar-refractivity contribution is -0.126. The Hall–Kier alpha value is -4.82. The molecule has 252 valence electrons. The number of nitrogens with zero attached hydrogens (tertiary/aromatic N) is 4. The Morgan fingerprint density at radius 3 is 2.33 bits per heavy atom. The van der Waals surface area contributed by atoms with Crippen LogP contribution in [-0.4, -0.2) is 38.5 Å². The molecule has 2 aromatic carbocycles. The number of alkyl halides is 6. The van der Waals surface area contributed by atoms with E-state index >= 15 is 8.78 Å². The summed E-state index contributed by atoms with van der Waals surface area (Å²) >= 11 is 0. The third kappa shape index (κ3) is 5.90. The Labute approximate surface area is 268 Å². The maximum absolute atomic E-state index is 15.1. The number of pyridine rings is 1. The molecular weight excluding hydrogens is 650 g/mol. The summed E-state index contributed by atoms with van der Waals surface area (Å²) in [5.41, 5.74) is -2.15. The quantitative estimate of drug-likeness (QED) is 0.198. The number of hydrogen-bond donors (Lipinski definition) is 1. The predicted octanol–water partition coefficient (Wildman–Crippen LogP) is 7.39. The summed E-state index contributed by atoms with van der Waals surface area (Å²) in [4.78, 5) is 32.1. The molecule has 1 aliphatic carbocycles. The molecule has 3 heterocycles. The lowest BCUT2D eigenvalue weighted by Gasteiger charge is -2.31. The monoisotopic (exact) mass is 677 g/mol. The number of nitrogens with one attached hydrogen (secondary N) is 1.